The zero-order chi connectivity index (χ0) is 51.5. The van der Waals surface area contributed by atoms with Crippen LogP contribution in [0, 0.1) is 13.8 Å². The summed E-state index contributed by atoms with van der Waals surface area (Å²) in [6, 6.07) is 23.1. The Morgan fingerprint density at radius 3 is 1.00 bits per heavy atom. The maximum atomic E-state index is 13.4. The largest absolute Gasteiger partial charge is 1.00 e. The van der Waals surface area contributed by atoms with E-state index in [-0.39, 0.29) is 163 Å². The molecule has 6 rings (SSSR count). The molecular formula is C43H36N6Na4O17P4. The topological polar surface area (TPSA) is 399 Å². The summed E-state index contributed by atoms with van der Waals surface area (Å²) in [5.74, 6) is -3.20. The molecule has 0 bridgehead atoms. The summed E-state index contributed by atoms with van der Waals surface area (Å²) in [6.45, 7) is 3.23. The molecule has 0 aliphatic rings. The number of hydrogen-bond donors (Lipinski definition) is 10. The van der Waals surface area contributed by atoms with E-state index >= 15 is 0 Å². The molecule has 364 valence electrons. The number of aryl methyl sites for hydroxylation is 2. The minimum Gasteiger partial charge on any atom is -0.775 e. The van der Waals surface area contributed by atoms with Crippen LogP contribution in [0.25, 0.3) is 0 Å². The number of rotatable bonds is 14. The van der Waals surface area contributed by atoms with E-state index in [0.717, 1.165) is 24.3 Å². The molecule has 10 N–H and O–H groups in total. The minimum atomic E-state index is -5.41. The van der Waals surface area contributed by atoms with Crippen molar-refractivity contribution in [3.63, 3.8) is 0 Å². The van der Waals surface area contributed by atoms with Crippen LogP contribution in [0.1, 0.15) is 52.6 Å². The third-order valence-electron chi connectivity index (χ3n) is 9.98. The van der Waals surface area contributed by atoms with E-state index in [1.807, 2.05) is 0 Å². The van der Waals surface area contributed by atoms with Crippen LogP contribution in [0.5, 0.6) is 0 Å². The van der Waals surface area contributed by atoms with E-state index in [1.165, 1.54) is 84.9 Å². The molecule has 6 amide bonds. The molecule has 6 aromatic rings. The molecule has 0 saturated carbocycles. The Hall–Kier alpha value is -2.93. The summed E-state index contributed by atoms with van der Waals surface area (Å²) in [4.78, 5) is 151. The second-order valence-corrected chi connectivity index (χ2v) is 21.3. The average Bonchev–Trinajstić information content (AvgIpc) is 3.26. The Morgan fingerprint density at radius 2 is 0.689 bits per heavy atom. The molecule has 23 nitrogen and oxygen atoms in total. The monoisotopic (exact) mass is 1120 g/mol. The van der Waals surface area contributed by atoms with Crippen LogP contribution in [0.4, 0.5) is 38.9 Å². The zero-order valence-electron chi connectivity index (χ0n) is 39.9. The fourth-order valence-electron chi connectivity index (χ4n) is 6.41. The zero-order valence-corrected chi connectivity index (χ0v) is 51.5. The summed E-state index contributed by atoms with van der Waals surface area (Å²) < 4.78 is 47.1. The van der Waals surface area contributed by atoms with Crippen LogP contribution < -0.4 is 191 Å². The van der Waals surface area contributed by atoms with Gasteiger partial charge < -0.3 is 89.3 Å². The summed E-state index contributed by atoms with van der Waals surface area (Å²) in [6.07, 6.45) is 0. The predicted molar refractivity (Wildman–Crippen MR) is 250 cm³/mol. The SMILES string of the molecule is Cc1ccc(C(=O)Nc2ccc(P(=O)([O-])O)cc2P(=O)([O-])O)cc1NC(=O)c1cccc(NC(=O)Nc2cccc(C(=O)Nc3cc(C(=O)Nc4ccc(P(=O)([O-])O)cc4P(=O)([O-])O)ccc3C)c2)c1.[Na+].[Na+].[Na+].[Na+]. The second-order valence-electron chi connectivity index (χ2n) is 15.1. The van der Waals surface area contributed by atoms with Crippen LogP contribution >= 0.6 is 30.4 Å². The molecule has 6 aromatic carbocycles. The molecule has 74 heavy (non-hydrogen) atoms. The normalized spacial score (nSPS) is 13.8. The molecule has 0 radical (unpaired) electrons. The first kappa shape index (κ1) is 67.2. The van der Waals surface area contributed by atoms with E-state index in [1.54, 1.807) is 13.8 Å². The van der Waals surface area contributed by atoms with Gasteiger partial charge in [-0.3, -0.25) is 19.2 Å². The van der Waals surface area contributed by atoms with Gasteiger partial charge in [-0.1, -0.05) is 24.3 Å². The predicted octanol–water partition coefficient (Wildman–Crippen LogP) is -10.3. The molecule has 31 heteroatoms. The second kappa shape index (κ2) is 27.6. The van der Waals surface area contributed by atoms with E-state index in [2.05, 4.69) is 31.9 Å². The van der Waals surface area contributed by atoms with Gasteiger partial charge in [-0.05, 0) is 122 Å². The van der Waals surface area contributed by atoms with Gasteiger partial charge in [-0.25, -0.2) is 4.79 Å². The van der Waals surface area contributed by atoms with E-state index < -0.39 is 92.6 Å². The van der Waals surface area contributed by atoms with Gasteiger partial charge >= 0.3 is 124 Å². The fraction of sp³-hybridized carbons (Fsp3) is 0.0465. The quantitative estimate of drug-likeness (QED) is 0.0358. The first-order chi connectivity index (χ1) is 32.6. The molecule has 0 fully saturated rings. The Labute approximate surface area is 509 Å². The molecule has 4 atom stereocenters. The number of carbonyl (C=O) groups is 5. The molecule has 0 spiro atoms. The van der Waals surface area contributed by atoms with Gasteiger partial charge in [0.1, 0.15) is 0 Å². The van der Waals surface area contributed by atoms with Crippen molar-refractivity contribution in [2.75, 3.05) is 31.9 Å². The standard InChI is InChI=1S/C43H40N6O17P4.4Na/c1-23-9-11-27(41(52)46-33-15-13-31(67(55,56)57)21-37(33)69(61,62)63)19-35(23)48-39(50)25-5-3-7-29(17-25)44-43(54)45-30-8-4-6-26(18-30)40(51)49-36-20-28(12-10-24(36)2)42(53)47-34-16-14-32(68(58,59)60)22-38(34)70(64,65)66;;;;/h3-22H,1-2H3,(H,46,52)(H,47,53)(H,48,50)(H,49,51)(H2,44,45,54)(H2,55,56,57)(H2,58,59,60)(H2,61,62,63)(H2,64,65,66);;;;/q;4*+1/p-4. The summed E-state index contributed by atoms with van der Waals surface area (Å²) in [7, 11) is -21.2. The molecule has 4 unspecified atom stereocenters. The first-order valence-corrected chi connectivity index (χ1v) is 26.1. The molecule has 0 aliphatic heterocycles. The minimum absolute atomic E-state index is 0. The van der Waals surface area contributed by atoms with Crippen molar-refractivity contribution in [1.29, 1.82) is 0 Å². The first-order valence-electron chi connectivity index (χ1n) is 19.8. The van der Waals surface area contributed by atoms with Crippen LogP contribution in [0.3, 0.4) is 0 Å². The maximum absolute atomic E-state index is 13.4. The summed E-state index contributed by atoms with van der Waals surface area (Å²) in [5.41, 5.74) is 0.500. The molecule has 0 saturated heterocycles. The van der Waals surface area contributed by atoms with Gasteiger partial charge in [-0.15, -0.1) is 0 Å². The van der Waals surface area contributed by atoms with Crippen molar-refractivity contribution >= 4 is 115 Å². The van der Waals surface area contributed by atoms with Crippen molar-refractivity contribution in [1.82, 2.24) is 0 Å². The van der Waals surface area contributed by atoms with Gasteiger partial charge in [-0.2, -0.15) is 0 Å². The molecule has 0 aliphatic carbocycles. The van der Waals surface area contributed by atoms with Crippen LogP contribution in [0.2, 0.25) is 0 Å². The summed E-state index contributed by atoms with van der Waals surface area (Å²) >= 11 is 0. The van der Waals surface area contributed by atoms with Crippen molar-refractivity contribution in [2.24, 2.45) is 0 Å². The number of amides is 6. The Morgan fingerprint density at radius 1 is 0.378 bits per heavy atom. The van der Waals surface area contributed by atoms with Crippen LogP contribution in [-0.4, -0.2) is 49.2 Å². The van der Waals surface area contributed by atoms with Gasteiger partial charge in [0.05, 0.1) is 11.4 Å². The Balaban J connectivity index is 0.00000469. The van der Waals surface area contributed by atoms with Crippen LogP contribution in [0.15, 0.2) is 121 Å². The van der Waals surface area contributed by atoms with Crippen molar-refractivity contribution in [3.05, 3.63) is 155 Å². The molecule has 0 heterocycles. The fourth-order valence-corrected chi connectivity index (χ4v) is 9.20. The summed E-state index contributed by atoms with van der Waals surface area (Å²) in [5, 5.41) is 11.3. The number of anilines is 6. The smallest absolute Gasteiger partial charge is 0.775 e. The Bertz CT molecular complexity index is 3130. The number of nitrogens with one attached hydrogen (secondary N) is 6. The van der Waals surface area contributed by atoms with E-state index in [4.69, 9.17) is 0 Å². The number of benzene rings is 6. The number of carbonyl (C=O) groups excluding carboxylic acids is 5. The average molecular weight is 1120 g/mol. The number of urea groups is 1. The van der Waals surface area contributed by atoms with Crippen molar-refractivity contribution < 1.29 is 200 Å². The van der Waals surface area contributed by atoms with Crippen LogP contribution in [-0.2, 0) is 18.3 Å². The third kappa shape index (κ3) is 18.1. The van der Waals surface area contributed by atoms with Gasteiger partial charge in [0, 0.05) is 66.2 Å². The van der Waals surface area contributed by atoms with Crippen molar-refractivity contribution in [2.45, 2.75) is 13.8 Å². The number of hydrogen-bond acceptors (Lipinski definition) is 13. The van der Waals surface area contributed by atoms with Gasteiger partial charge in [0.25, 0.3) is 23.6 Å². The third-order valence-corrected chi connectivity index (χ3v) is 13.8. The maximum Gasteiger partial charge on any atom is 1.00 e. The van der Waals surface area contributed by atoms with Gasteiger partial charge in [0.2, 0.25) is 0 Å². The van der Waals surface area contributed by atoms with E-state index in [9.17, 15) is 81.4 Å². The van der Waals surface area contributed by atoms with Gasteiger partial charge in [0.15, 0.2) is 30.4 Å². The Kier molecular flexibility index (Phi) is 25.0. The van der Waals surface area contributed by atoms with Crippen molar-refractivity contribution in [3.8, 4) is 0 Å². The molecular weight excluding hydrogens is 1090 g/mol. The van der Waals surface area contributed by atoms with E-state index in [0.29, 0.717) is 23.3 Å². The molecule has 0 aromatic heterocycles.